The fourth-order valence-corrected chi connectivity index (χ4v) is 3.53. The molecular formula is C21H23N5O5S. The fraction of sp³-hybridized carbons (Fsp3) is 0.238. The van der Waals surface area contributed by atoms with Gasteiger partial charge in [-0.3, -0.25) is 14.5 Å². The number of aryl methyl sites for hydroxylation is 1. The Labute approximate surface area is 185 Å². The monoisotopic (exact) mass is 457 g/mol. The van der Waals surface area contributed by atoms with Crippen LogP contribution >= 0.6 is 0 Å². The van der Waals surface area contributed by atoms with Gasteiger partial charge >= 0.3 is 0 Å². The summed E-state index contributed by atoms with van der Waals surface area (Å²) in [7, 11) is -3.97. The zero-order valence-corrected chi connectivity index (χ0v) is 18.3. The lowest BCUT2D eigenvalue weighted by molar-refractivity contribution is 0.0917. The van der Waals surface area contributed by atoms with Gasteiger partial charge < -0.3 is 15.2 Å². The molecule has 0 aliphatic heterocycles. The van der Waals surface area contributed by atoms with E-state index in [1.165, 1.54) is 19.1 Å². The third-order valence-corrected chi connectivity index (χ3v) is 5.55. The van der Waals surface area contributed by atoms with Crippen LogP contribution in [0, 0.1) is 6.92 Å². The Bertz CT molecular complexity index is 1170. The van der Waals surface area contributed by atoms with E-state index < -0.39 is 22.0 Å². The molecule has 32 heavy (non-hydrogen) atoms. The second-order valence-corrected chi connectivity index (χ2v) is 8.72. The van der Waals surface area contributed by atoms with Crippen molar-refractivity contribution in [3.05, 3.63) is 71.8 Å². The zero-order valence-electron chi connectivity index (χ0n) is 17.5. The van der Waals surface area contributed by atoms with Gasteiger partial charge in [-0.25, -0.2) is 18.4 Å². The first-order valence-corrected chi connectivity index (χ1v) is 11.2. The zero-order chi connectivity index (χ0) is 23.1. The molecule has 1 atom stereocenters. The Kier molecular flexibility index (Phi) is 7.33. The number of anilines is 1. The van der Waals surface area contributed by atoms with E-state index >= 15 is 0 Å². The first-order valence-electron chi connectivity index (χ1n) is 9.69. The standard InChI is InChI=1S/C21H23N5O5S/c1-14-5-7-17(8-6-14)32(29,30)26-19-21(31-13-16-4-3-9-22-11-16)25-18(12-23-19)20(28)24-10-15(2)27/h3-9,11-12,15,27H,10,13H2,1-2H3,(H,23,26)(H,24,28). The van der Waals surface area contributed by atoms with Gasteiger partial charge in [-0.05, 0) is 32.0 Å². The molecule has 0 saturated heterocycles. The molecule has 168 valence electrons. The molecule has 0 spiro atoms. The van der Waals surface area contributed by atoms with Crippen molar-refractivity contribution in [1.29, 1.82) is 0 Å². The van der Waals surface area contributed by atoms with Gasteiger partial charge in [-0.15, -0.1) is 0 Å². The van der Waals surface area contributed by atoms with Gasteiger partial charge in [0.25, 0.3) is 21.8 Å². The summed E-state index contributed by atoms with van der Waals surface area (Å²) >= 11 is 0. The number of rotatable bonds is 9. The maximum absolute atomic E-state index is 12.8. The van der Waals surface area contributed by atoms with E-state index in [0.717, 1.165) is 11.8 Å². The lowest BCUT2D eigenvalue weighted by atomic mass is 10.2. The van der Waals surface area contributed by atoms with Crippen LogP contribution in [0.2, 0.25) is 0 Å². The van der Waals surface area contributed by atoms with Crippen LogP contribution < -0.4 is 14.8 Å². The van der Waals surface area contributed by atoms with Crippen LogP contribution in [0.4, 0.5) is 5.82 Å². The Morgan fingerprint density at radius 2 is 1.94 bits per heavy atom. The molecule has 0 radical (unpaired) electrons. The number of pyridine rings is 1. The first-order chi connectivity index (χ1) is 15.2. The quantitative estimate of drug-likeness (QED) is 0.440. The van der Waals surface area contributed by atoms with E-state index in [0.29, 0.717) is 5.56 Å². The molecule has 10 nitrogen and oxygen atoms in total. The van der Waals surface area contributed by atoms with Crippen LogP contribution in [0.3, 0.4) is 0 Å². The Balaban J connectivity index is 1.89. The number of hydrogen-bond acceptors (Lipinski definition) is 8. The lowest BCUT2D eigenvalue weighted by Gasteiger charge is -2.13. The number of carbonyl (C=O) groups excluding carboxylic acids is 1. The van der Waals surface area contributed by atoms with Crippen LogP contribution in [0.5, 0.6) is 5.88 Å². The van der Waals surface area contributed by atoms with Crippen molar-refractivity contribution in [1.82, 2.24) is 20.3 Å². The fourth-order valence-electron chi connectivity index (χ4n) is 2.52. The van der Waals surface area contributed by atoms with Crippen LogP contribution in [0.1, 0.15) is 28.5 Å². The second kappa shape index (κ2) is 10.2. The summed E-state index contributed by atoms with van der Waals surface area (Å²) in [6, 6.07) is 9.80. The third kappa shape index (κ3) is 6.22. The van der Waals surface area contributed by atoms with Gasteiger partial charge in [0, 0.05) is 24.5 Å². The molecule has 11 heteroatoms. The highest BCUT2D eigenvalue weighted by atomic mass is 32.2. The molecule has 3 N–H and O–H groups in total. The second-order valence-electron chi connectivity index (χ2n) is 7.04. The van der Waals surface area contributed by atoms with Crippen molar-refractivity contribution in [3.63, 3.8) is 0 Å². The molecule has 3 aromatic rings. The maximum atomic E-state index is 12.8. The molecule has 2 aromatic heterocycles. The van der Waals surface area contributed by atoms with Gasteiger partial charge in [-0.1, -0.05) is 23.8 Å². The van der Waals surface area contributed by atoms with Crippen LogP contribution in [-0.4, -0.2) is 47.0 Å². The predicted octanol–water partition coefficient (Wildman–Crippen LogP) is 1.67. The maximum Gasteiger partial charge on any atom is 0.271 e. The van der Waals surface area contributed by atoms with E-state index in [-0.39, 0.29) is 35.4 Å². The minimum atomic E-state index is -3.97. The number of hydrogen-bond donors (Lipinski definition) is 3. The number of aliphatic hydroxyl groups excluding tert-OH is 1. The summed E-state index contributed by atoms with van der Waals surface area (Å²) in [6.45, 7) is 3.42. The summed E-state index contributed by atoms with van der Waals surface area (Å²) in [6.07, 6.45) is 3.58. The average Bonchev–Trinajstić information content (AvgIpc) is 2.77. The van der Waals surface area contributed by atoms with Gasteiger partial charge in [0.15, 0.2) is 5.69 Å². The predicted molar refractivity (Wildman–Crippen MR) is 117 cm³/mol. The number of nitrogens with zero attached hydrogens (tertiary/aromatic N) is 3. The minimum Gasteiger partial charge on any atom is -0.470 e. The molecule has 0 fully saturated rings. The Morgan fingerprint density at radius 3 is 2.59 bits per heavy atom. The summed E-state index contributed by atoms with van der Waals surface area (Å²) in [5.74, 6) is -0.923. The number of benzene rings is 1. The highest BCUT2D eigenvalue weighted by Crippen LogP contribution is 2.24. The number of nitrogens with one attached hydrogen (secondary N) is 2. The van der Waals surface area contributed by atoms with Crippen molar-refractivity contribution >= 4 is 21.7 Å². The molecule has 3 rings (SSSR count). The van der Waals surface area contributed by atoms with Crippen molar-refractivity contribution < 1.29 is 23.1 Å². The molecule has 0 aliphatic rings. The van der Waals surface area contributed by atoms with E-state index in [2.05, 4.69) is 25.0 Å². The first kappa shape index (κ1) is 23.1. The minimum absolute atomic E-state index is 0.0220. The van der Waals surface area contributed by atoms with E-state index in [9.17, 15) is 18.3 Å². The molecule has 2 heterocycles. The van der Waals surface area contributed by atoms with E-state index in [1.54, 1.807) is 36.7 Å². The van der Waals surface area contributed by atoms with Gasteiger partial charge in [0.05, 0.1) is 17.2 Å². The average molecular weight is 458 g/mol. The van der Waals surface area contributed by atoms with Gasteiger partial charge in [0.1, 0.15) is 6.61 Å². The van der Waals surface area contributed by atoms with Crippen LogP contribution in [0.15, 0.2) is 59.9 Å². The van der Waals surface area contributed by atoms with Crippen molar-refractivity contribution in [3.8, 4) is 5.88 Å². The van der Waals surface area contributed by atoms with Crippen molar-refractivity contribution in [2.45, 2.75) is 31.5 Å². The summed E-state index contributed by atoms with van der Waals surface area (Å²) in [4.78, 5) is 24.5. The van der Waals surface area contributed by atoms with E-state index in [4.69, 9.17) is 4.74 Å². The highest BCUT2D eigenvalue weighted by Gasteiger charge is 2.21. The number of amides is 1. The molecule has 1 aromatic carbocycles. The molecule has 0 aliphatic carbocycles. The summed E-state index contributed by atoms with van der Waals surface area (Å²) < 4.78 is 33.6. The number of sulfonamides is 1. The highest BCUT2D eigenvalue weighted by molar-refractivity contribution is 7.92. The Morgan fingerprint density at radius 1 is 1.19 bits per heavy atom. The van der Waals surface area contributed by atoms with Crippen LogP contribution in [0.25, 0.3) is 0 Å². The number of ether oxygens (including phenoxy) is 1. The van der Waals surface area contributed by atoms with Gasteiger partial charge in [0.2, 0.25) is 5.82 Å². The normalized spacial score (nSPS) is 12.1. The van der Waals surface area contributed by atoms with Gasteiger partial charge in [-0.2, -0.15) is 0 Å². The number of aliphatic hydroxyl groups is 1. The molecule has 0 saturated carbocycles. The van der Waals surface area contributed by atoms with Crippen molar-refractivity contribution in [2.24, 2.45) is 0 Å². The Hall–Kier alpha value is -3.57. The molecule has 0 bridgehead atoms. The third-order valence-electron chi connectivity index (χ3n) is 4.19. The summed E-state index contributed by atoms with van der Waals surface area (Å²) in [5.41, 5.74) is 1.53. The molecular weight excluding hydrogens is 434 g/mol. The number of carbonyl (C=O) groups is 1. The topological polar surface area (TPSA) is 143 Å². The van der Waals surface area contributed by atoms with Crippen LogP contribution in [-0.2, 0) is 16.6 Å². The SMILES string of the molecule is Cc1ccc(S(=O)(=O)Nc2ncc(C(=O)NCC(C)O)nc2OCc2cccnc2)cc1. The lowest BCUT2D eigenvalue weighted by Crippen LogP contribution is -2.31. The molecule has 1 amide bonds. The largest absolute Gasteiger partial charge is 0.470 e. The number of aromatic nitrogens is 3. The smallest absolute Gasteiger partial charge is 0.271 e. The molecule has 1 unspecified atom stereocenters. The summed E-state index contributed by atoms with van der Waals surface area (Å²) in [5, 5.41) is 11.9. The van der Waals surface area contributed by atoms with E-state index in [1.807, 2.05) is 6.92 Å². The van der Waals surface area contributed by atoms with Crippen molar-refractivity contribution in [2.75, 3.05) is 11.3 Å².